The van der Waals surface area contributed by atoms with Crippen LogP contribution >= 0.6 is 0 Å². The summed E-state index contributed by atoms with van der Waals surface area (Å²) < 4.78 is 0. The van der Waals surface area contributed by atoms with Crippen LogP contribution in [0.5, 0.6) is 0 Å². The lowest BCUT2D eigenvalue weighted by molar-refractivity contribution is 0.259. The first-order valence-corrected chi connectivity index (χ1v) is 5.37. The van der Waals surface area contributed by atoms with Crippen LogP contribution in [0.4, 0.5) is 0 Å². The molecule has 0 aromatic rings. The molecule has 0 aromatic carbocycles. The van der Waals surface area contributed by atoms with Gasteiger partial charge in [0.2, 0.25) is 0 Å². The van der Waals surface area contributed by atoms with Gasteiger partial charge in [-0.1, -0.05) is 25.7 Å². The van der Waals surface area contributed by atoms with E-state index in [1.807, 2.05) is 0 Å². The van der Waals surface area contributed by atoms with Gasteiger partial charge in [-0.05, 0) is 27.7 Å². The summed E-state index contributed by atoms with van der Waals surface area (Å²) in [5, 5.41) is 0. The fraction of sp³-hybridized carbons (Fsp3) is 0.714. The van der Waals surface area contributed by atoms with Crippen LogP contribution < -0.4 is 0 Å². The maximum atomic E-state index is 3.31. The van der Waals surface area contributed by atoms with Crippen LogP contribution in [0.2, 0.25) is 0 Å². The average molecular weight is 190 g/mol. The molecule has 0 bridgehead atoms. The van der Waals surface area contributed by atoms with Gasteiger partial charge in [0.15, 0.2) is 0 Å². The first-order valence-electron chi connectivity index (χ1n) is 5.37. The van der Waals surface area contributed by atoms with E-state index < -0.39 is 0 Å². The molecule has 0 radical (unpaired) electrons. The van der Waals surface area contributed by atoms with Gasteiger partial charge in [0.25, 0.3) is 0 Å². The molecule has 0 aliphatic carbocycles. The lowest BCUT2D eigenvalue weighted by atomic mass is 9.69. The SMILES string of the molecule is CCC#CC(C)(C)C(C)(C)C#CCC. The normalized spacial score (nSPS) is 11.0. The fourth-order valence-corrected chi connectivity index (χ4v) is 0.931. The third kappa shape index (κ3) is 3.47. The Morgan fingerprint density at radius 2 is 1.00 bits per heavy atom. The molecule has 0 saturated heterocycles. The van der Waals surface area contributed by atoms with E-state index in [-0.39, 0.29) is 10.8 Å². The van der Waals surface area contributed by atoms with Crippen molar-refractivity contribution >= 4 is 0 Å². The summed E-state index contributed by atoms with van der Waals surface area (Å²) >= 11 is 0. The van der Waals surface area contributed by atoms with Crippen molar-refractivity contribution in [1.82, 2.24) is 0 Å². The molecule has 0 unspecified atom stereocenters. The van der Waals surface area contributed by atoms with E-state index in [2.05, 4.69) is 65.2 Å². The summed E-state index contributed by atoms with van der Waals surface area (Å²) in [7, 11) is 0. The second-order valence-corrected chi connectivity index (χ2v) is 4.56. The number of rotatable bonds is 1. The zero-order valence-electron chi connectivity index (χ0n) is 10.4. The van der Waals surface area contributed by atoms with E-state index in [1.54, 1.807) is 0 Å². The van der Waals surface area contributed by atoms with Crippen LogP contribution in [0, 0.1) is 34.5 Å². The molecule has 78 valence electrons. The molecule has 0 aromatic heterocycles. The molecular formula is C14H22. The molecule has 0 nitrogen and oxygen atoms in total. The minimum Gasteiger partial charge on any atom is -0.103 e. The second-order valence-electron chi connectivity index (χ2n) is 4.56. The summed E-state index contributed by atoms with van der Waals surface area (Å²) in [4.78, 5) is 0. The average Bonchev–Trinajstić information content (AvgIpc) is 2.11. The van der Waals surface area contributed by atoms with Crippen LogP contribution in [-0.2, 0) is 0 Å². The summed E-state index contributed by atoms with van der Waals surface area (Å²) in [6.45, 7) is 12.8. The van der Waals surface area contributed by atoms with E-state index in [1.165, 1.54) is 0 Å². The number of hydrogen-bond acceptors (Lipinski definition) is 0. The zero-order chi connectivity index (χ0) is 11.2. The minimum atomic E-state index is -0.0365. The Bertz CT molecular complexity index is 251. The highest BCUT2D eigenvalue weighted by Gasteiger charge is 2.33. The third-order valence-corrected chi connectivity index (χ3v) is 2.72. The molecule has 14 heavy (non-hydrogen) atoms. The molecule has 0 rings (SSSR count). The zero-order valence-corrected chi connectivity index (χ0v) is 10.4. The molecule has 0 N–H and O–H groups in total. The molecule has 0 heterocycles. The molecule has 0 spiro atoms. The molecule has 0 saturated carbocycles. The van der Waals surface area contributed by atoms with E-state index in [9.17, 15) is 0 Å². The quantitative estimate of drug-likeness (QED) is 0.551. The largest absolute Gasteiger partial charge is 0.103 e. The van der Waals surface area contributed by atoms with E-state index in [0.717, 1.165) is 12.8 Å². The molecule has 0 aliphatic rings. The highest BCUT2D eigenvalue weighted by molar-refractivity contribution is 5.22. The van der Waals surface area contributed by atoms with Crippen LogP contribution in [0.3, 0.4) is 0 Å². The second kappa shape index (κ2) is 5.11. The van der Waals surface area contributed by atoms with Crippen LogP contribution in [-0.4, -0.2) is 0 Å². The highest BCUT2D eigenvalue weighted by Crippen LogP contribution is 2.37. The van der Waals surface area contributed by atoms with Gasteiger partial charge in [-0.15, -0.1) is 11.8 Å². The summed E-state index contributed by atoms with van der Waals surface area (Å²) in [6.07, 6.45) is 1.83. The molecular weight excluding hydrogens is 168 g/mol. The maximum absolute atomic E-state index is 3.31. The van der Waals surface area contributed by atoms with Crippen LogP contribution in [0.15, 0.2) is 0 Å². The molecule has 0 aliphatic heterocycles. The van der Waals surface area contributed by atoms with Gasteiger partial charge in [0, 0.05) is 23.7 Å². The molecule has 0 heteroatoms. The minimum absolute atomic E-state index is 0.0365. The van der Waals surface area contributed by atoms with Crippen LogP contribution in [0.25, 0.3) is 0 Å². The predicted molar refractivity (Wildman–Crippen MR) is 63.7 cm³/mol. The first-order chi connectivity index (χ1) is 6.37. The summed E-state index contributed by atoms with van der Waals surface area (Å²) in [6, 6.07) is 0. The van der Waals surface area contributed by atoms with Gasteiger partial charge in [0.1, 0.15) is 0 Å². The number of hydrogen-bond donors (Lipinski definition) is 0. The van der Waals surface area contributed by atoms with Gasteiger partial charge in [-0.25, -0.2) is 0 Å². The van der Waals surface area contributed by atoms with Gasteiger partial charge in [0.05, 0.1) is 0 Å². The van der Waals surface area contributed by atoms with Crippen molar-refractivity contribution in [2.45, 2.75) is 54.4 Å². The Morgan fingerprint density at radius 1 is 0.714 bits per heavy atom. The molecule has 0 amide bonds. The van der Waals surface area contributed by atoms with Crippen molar-refractivity contribution in [3.63, 3.8) is 0 Å². The van der Waals surface area contributed by atoms with Gasteiger partial charge < -0.3 is 0 Å². The maximum Gasteiger partial charge on any atom is 0.0418 e. The van der Waals surface area contributed by atoms with Crippen molar-refractivity contribution < 1.29 is 0 Å². The monoisotopic (exact) mass is 190 g/mol. The van der Waals surface area contributed by atoms with Crippen molar-refractivity contribution in [2.75, 3.05) is 0 Å². The summed E-state index contributed by atoms with van der Waals surface area (Å²) in [5.41, 5.74) is -0.0731. The molecule has 0 atom stereocenters. The standard InChI is InChI=1S/C14H22/c1-7-9-11-13(3,4)14(5,6)12-10-8-2/h7-8H2,1-6H3. The lowest BCUT2D eigenvalue weighted by Crippen LogP contribution is -2.29. The lowest BCUT2D eigenvalue weighted by Gasteiger charge is -2.33. The molecule has 0 fully saturated rings. The third-order valence-electron chi connectivity index (χ3n) is 2.72. The van der Waals surface area contributed by atoms with Gasteiger partial charge >= 0.3 is 0 Å². The van der Waals surface area contributed by atoms with Gasteiger partial charge in [-0.3, -0.25) is 0 Å². The Kier molecular flexibility index (Phi) is 4.79. The van der Waals surface area contributed by atoms with Crippen LogP contribution in [0.1, 0.15) is 54.4 Å². The fourth-order valence-electron chi connectivity index (χ4n) is 0.931. The summed E-state index contributed by atoms with van der Waals surface area (Å²) in [5.74, 6) is 12.9. The Morgan fingerprint density at radius 3 is 1.21 bits per heavy atom. The van der Waals surface area contributed by atoms with E-state index in [0.29, 0.717) is 0 Å². The van der Waals surface area contributed by atoms with Crippen molar-refractivity contribution in [1.29, 1.82) is 0 Å². The van der Waals surface area contributed by atoms with E-state index in [4.69, 9.17) is 0 Å². The Hall–Kier alpha value is -0.880. The highest BCUT2D eigenvalue weighted by atomic mass is 14.3. The Balaban J connectivity index is 4.86. The van der Waals surface area contributed by atoms with Crippen molar-refractivity contribution in [2.24, 2.45) is 10.8 Å². The Labute approximate surface area is 89.5 Å². The predicted octanol–water partition coefficient (Wildman–Crippen LogP) is 3.87. The first kappa shape index (κ1) is 13.1. The van der Waals surface area contributed by atoms with E-state index >= 15 is 0 Å². The van der Waals surface area contributed by atoms with Crippen molar-refractivity contribution in [3.8, 4) is 23.7 Å². The van der Waals surface area contributed by atoms with Gasteiger partial charge in [-0.2, -0.15) is 0 Å². The smallest absolute Gasteiger partial charge is 0.0418 e. The topological polar surface area (TPSA) is 0 Å². The van der Waals surface area contributed by atoms with Crippen molar-refractivity contribution in [3.05, 3.63) is 0 Å².